The first kappa shape index (κ1) is 39.2. The van der Waals surface area contributed by atoms with Crippen molar-refractivity contribution in [2.45, 2.75) is 77.8 Å². The highest BCUT2D eigenvalue weighted by Crippen LogP contribution is 2.10. The molecule has 0 aliphatic heterocycles. The Bertz CT molecular complexity index is 1370. The van der Waals surface area contributed by atoms with Crippen molar-refractivity contribution in [3.05, 3.63) is 71.8 Å². The first-order valence-electron chi connectivity index (χ1n) is 15.9. The second kappa shape index (κ2) is 19.6. The van der Waals surface area contributed by atoms with Crippen molar-refractivity contribution in [3.63, 3.8) is 0 Å². The molecule has 0 aromatic heterocycles. The number of urea groups is 1. The summed E-state index contributed by atoms with van der Waals surface area (Å²) >= 11 is 0. The van der Waals surface area contributed by atoms with Crippen LogP contribution in [0.25, 0.3) is 0 Å². The maximum atomic E-state index is 13.7. The lowest BCUT2D eigenvalue weighted by Crippen LogP contribution is -2.60. The number of nitrogens with one attached hydrogen (secondary N) is 6. The molecule has 2 aromatic rings. The van der Waals surface area contributed by atoms with Gasteiger partial charge < -0.3 is 42.4 Å². The number of hydrogen-bond acceptors (Lipinski definition) is 8. The Kier molecular flexibility index (Phi) is 16.0. The number of ether oxygens (including phenoxy) is 1. The van der Waals surface area contributed by atoms with Gasteiger partial charge in [0.15, 0.2) is 0 Å². The summed E-state index contributed by atoms with van der Waals surface area (Å²) in [6.07, 6.45) is -0.639. The molecular formula is C34H49N7O7. The summed E-state index contributed by atoms with van der Waals surface area (Å²) in [5, 5.41) is 15.9. The monoisotopic (exact) mass is 667 g/mol. The van der Waals surface area contributed by atoms with Gasteiger partial charge in [-0.2, -0.15) is 0 Å². The van der Waals surface area contributed by atoms with Crippen LogP contribution in [0.4, 0.5) is 4.79 Å². The van der Waals surface area contributed by atoms with E-state index in [0.29, 0.717) is 0 Å². The second-order valence-corrected chi connectivity index (χ2v) is 12.2. The highest BCUT2D eigenvalue weighted by atomic mass is 16.5. The van der Waals surface area contributed by atoms with Crippen molar-refractivity contribution >= 4 is 35.6 Å². The van der Waals surface area contributed by atoms with Crippen LogP contribution in [-0.2, 0) is 41.6 Å². The molecule has 5 atom stereocenters. The molecule has 14 heteroatoms. The topological polar surface area (TPSA) is 210 Å². The highest BCUT2D eigenvalue weighted by Gasteiger charge is 2.33. The Balaban J connectivity index is 2.25. The van der Waals surface area contributed by atoms with Gasteiger partial charge in [0.25, 0.3) is 0 Å². The maximum absolute atomic E-state index is 13.7. The number of carbonyl (C=O) groups excluding carboxylic acids is 6. The average molecular weight is 668 g/mol. The fraction of sp³-hybridized carbons (Fsp3) is 0.471. The van der Waals surface area contributed by atoms with Gasteiger partial charge in [-0.05, 0) is 29.9 Å². The molecule has 0 aliphatic rings. The number of methoxy groups -OCH3 is 1. The largest absolute Gasteiger partial charge is 0.467 e. The summed E-state index contributed by atoms with van der Waals surface area (Å²) in [6.45, 7) is 8.13. The molecule has 0 bridgehead atoms. The normalized spacial score (nSPS) is 14.0. The number of esters is 1. The summed E-state index contributed by atoms with van der Waals surface area (Å²) in [5.74, 6) is -3.55. The van der Waals surface area contributed by atoms with Gasteiger partial charge in [-0.25, -0.2) is 9.59 Å². The van der Waals surface area contributed by atoms with Gasteiger partial charge in [0, 0.05) is 12.8 Å². The molecule has 0 unspecified atom stereocenters. The van der Waals surface area contributed by atoms with Crippen molar-refractivity contribution in [1.82, 2.24) is 31.9 Å². The van der Waals surface area contributed by atoms with E-state index in [4.69, 9.17) is 10.5 Å². The number of amides is 6. The third-order valence-electron chi connectivity index (χ3n) is 7.33. The van der Waals surface area contributed by atoms with Crippen molar-refractivity contribution in [2.75, 3.05) is 13.7 Å². The van der Waals surface area contributed by atoms with Crippen molar-refractivity contribution in [3.8, 4) is 0 Å². The number of nitrogens with two attached hydrogens (primary N) is 1. The molecule has 2 rings (SSSR count). The van der Waals surface area contributed by atoms with Crippen LogP contribution in [0.2, 0.25) is 0 Å². The summed E-state index contributed by atoms with van der Waals surface area (Å²) in [4.78, 5) is 77.2. The summed E-state index contributed by atoms with van der Waals surface area (Å²) in [7, 11) is 1.23. The second-order valence-electron chi connectivity index (χ2n) is 12.2. The van der Waals surface area contributed by atoms with E-state index >= 15 is 0 Å². The molecule has 0 radical (unpaired) electrons. The van der Waals surface area contributed by atoms with Crippen LogP contribution in [0, 0.1) is 11.8 Å². The molecule has 0 spiro atoms. The zero-order valence-corrected chi connectivity index (χ0v) is 28.4. The Morgan fingerprint density at radius 1 is 0.646 bits per heavy atom. The smallest absolute Gasteiger partial charge is 0.328 e. The lowest BCUT2D eigenvalue weighted by Gasteiger charge is -2.28. The van der Waals surface area contributed by atoms with Gasteiger partial charge in [0.2, 0.25) is 23.6 Å². The highest BCUT2D eigenvalue weighted by molar-refractivity contribution is 5.94. The fourth-order valence-electron chi connectivity index (χ4n) is 4.64. The Morgan fingerprint density at radius 3 is 1.67 bits per heavy atom. The van der Waals surface area contributed by atoms with Crippen LogP contribution in [0.15, 0.2) is 60.7 Å². The van der Waals surface area contributed by atoms with Crippen molar-refractivity contribution < 1.29 is 33.5 Å². The number of rotatable bonds is 17. The Morgan fingerprint density at radius 2 is 1.17 bits per heavy atom. The molecule has 48 heavy (non-hydrogen) atoms. The SMILES string of the molecule is COC(=O)[C@@H](NC(=O)[C@@H](NC(=O)[C@H](Cc1ccccc1)NC(=O)N[C@@H](Cc1ccccc1)NC(=O)CNC(=O)[C@H](C)N)C(C)C)C(C)C. The van der Waals surface area contributed by atoms with Crippen LogP contribution in [0.1, 0.15) is 45.7 Å². The molecular weight excluding hydrogens is 618 g/mol. The van der Waals surface area contributed by atoms with E-state index in [-0.39, 0.29) is 31.2 Å². The predicted octanol–water partition coefficient (Wildman–Crippen LogP) is 0.500. The fourth-order valence-corrected chi connectivity index (χ4v) is 4.64. The van der Waals surface area contributed by atoms with Crippen molar-refractivity contribution in [1.29, 1.82) is 0 Å². The first-order valence-corrected chi connectivity index (χ1v) is 15.9. The van der Waals surface area contributed by atoms with Gasteiger partial charge in [-0.15, -0.1) is 0 Å². The molecule has 14 nitrogen and oxygen atoms in total. The maximum Gasteiger partial charge on any atom is 0.328 e. The Labute approximate surface area is 281 Å². The van der Waals surface area contributed by atoms with Crippen LogP contribution in [0.5, 0.6) is 0 Å². The predicted molar refractivity (Wildman–Crippen MR) is 180 cm³/mol. The van der Waals surface area contributed by atoms with E-state index in [1.54, 1.807) is 52.0 Å². The quantitative estimate of drug-likeness (QED) is 0.0931. The number of benzene rings is 2. The van der Waals surface area contributed by atoms with E-state index in [0.717, 1.165) is 11.1 Å². The molecule has 6 amide bonds. The summed E-state index contributed by atoms with van der Waals surface area (Å²) in [6, 6.07) is 13.4. The van der Waals surface area contributed by atoms with E-state index in [1.165, 1.54) is 14.0 Å². The standard InChI is InChI=1S/C34H49N7O7/c1-20(2)28(32(45)41-29(21(3)4)33(46)48-6)40-31(44)25(17-23-13-9-7-10-14-23)37-34(47)39-26(18-24-15-11-8-12-16-24)38-27(42)19-36-30(43)22(5)35/h7-16,20-22,25-26,28-29H,17-19,35H2,1-6H3,(H,36,43)(H,38,42)(H,40,44)(H,41,45)(H2,37,39,47)/t22-,25-,26-,28-,29-/m0/s1. The average Bonchev–Trinajstić information content (AvgIpc) is 3.04. The lowest BCUT2D eigenvalue weighted by molar-refractivity contribution is -0.146. The van der Waals surface area contributed by atoms with Gasteiger partial charge in [0.05, 0.1) is 19.7 Å². The van der Waals surface area contributed by atoms with Crippen LogP contribution < -0.4 is 37.6 Å². The van der Waals surface area contributed by atoms with Gasteiger partial charge in [-0.3, -0.25) is 19.2 Å². The van der Waals surface area contributed by atoms with Crippen molar-refractivity contribution in [2.24, 2.45) is 17.6 Å². The molecule has 8 N–H and O–H groups in total. The molecule has 2 aromatic carbocycles. The molecule has 0 heterocycles. The summed E-state index contributed by atoms with van der Waals surface area (Å²) < 4.78 is 4.83. The third kappa shape index (κ3) is 13.4. The number of carbonyl (C=O) groups is 6. The molecule has 0 fully saturated rings. The Hall–Kier alpha value is -4.98. The minimum atomic E-state index is -1.14. The minimum absolute atomic E-state index is 0.0856. The van der Waals surface area contributed by atoms with Gasteiger partial charge in [0.1, 0.15) is 24.3 Å². The number of hydrogen-bond donors (Lipinski definition) is 7. The molecule has 0 saturated heterocycles. The minimum Gasteiger partial charge on any atom is -0.467 e. The zero-order chi connectivity index (χ0) is 35.8. The van der Waals surface area contributed by atoms with Crippen LogP contribution in [0.3, 0.4) is 0 Å². The van der Waals surface area contributed by atoms with E-state index < -0.39 is 66.0 Å². The molecule has 0 aliphatic carbocycles. The lowest BCUT2D eigenvalue weighted by atomic mass is 9.99. The molecule has 0 saturated carbocycles. The van der Waals surface area contributed by atoms with E-state index in [1.807, 2.05) is 36.4 Å². The zero-order valence-electron chi connectivity index (χ0n) is 28.4. The van der Waals surface area contributed by atoms with E-state index in [9.17, 15) is 28.8 Å². The molecule has 262 valence electrons. The van der Waals surface area contributed by atoms with Crippen LogP contribution in [-0.4, -0.2) is 79.6 Å². The van der Waals surface area contributed by atoms with Gasteiger partial charge in [-0.1, -0.05) is 88.4 Å². The summed E-state index contributed by atoms with van der Waals surface area (Å²) in [5.41, 5.74) is 7.10. The van der Waals surface area contributed by atoms with Crippen LogP contribution >= 0.6 is 0 Å². The van der Waals surface area contributed by atoms with E-state index in [2.05, 4.69) is 31.9 Å². The third-order valence-corrected chi connectivity index (χ3v) is 7.33. The first-order chi connectivity index (χ1) is 22.7. The van der Waals surface area contributed by atoms with Gasteiger partial charge >= 0.3 is 12.0 Å².